The lowest BCUT2D eigenvalue weighted by Gasteiger charge is -2.34. The monoisotopic (exact) mass is 323 g/mol. The van der Waals surface area contributed by atoms with Crippen molar-refractivity contribution in [1.82, 2.24) is 15.1 Å². The Balaban J connectivity index is 1.94. The van der Waals surface area contributed by atoms with E-state index in [1.54, 1.807) is 27.2 Å². The number of piperidine rings is 1. The number of aliphatic hydroxyl groups is 1. The maximum atomic E-state index is 12.2. The van der Waals surface area contributed by atoms with Crippen LogP contribution in [-0.4, -0.2) is 59.8 Å². The Labute approximate surface area is 138 Å². The molecule has 2 heterocycles. The molecule has 1 aliphatic heterocycles. The number of likely N-dealkylation sites (tertiary alicyclic amines) is 1. The van der Waals surface area contributed by atoms with Crippen molar-refractivity contribution in [1.29, 1.82) is 0 Å². The molecule has 1 saturated heterocycles. The Bertz CT molecular complexity index is 476. The Morgan fingerprint density at radius 2 is 2.13 bits per heavy atom. The Kier molecular flexibility index (Phi) is 6.07. The number of hydrogen-bond acceptors (Lipinski definition) is 4. The molecule has 1 aromatic heterocycles. The highest BCUT2D eigenvalue weighted by Crippen LogP contribution is 2.24. The summed E-state index contributed by atoms with van der Waals surface area (Å²) in [5.74, 6) is 0.886. The molecule has 1 fully saturated rings. The van der Waals surface area contributed by atoms with Crippen molar-refractivity contribution in [3.63, 3.8) is 0 Å². The zero-order valence-corrected chi connectivity index (χ0v) is 14.4. The van der Waals surface area contributed by atoms with Crippen LogP contribution in [0.15, 0.2) is 22.8 Å². The number of carbonyl (C=O) groups excluding carboxylic acids is 1. The number of nitrogens with zero attached hydrogens (tertiary/aromatic N) is 2. The average molecular weight is 323 g/mol. The number of likely N-dealkylation sites (N-methyl/N-ethyl adjacent to an activating group) is 1. The predicted octanol–water partition coefficient (Wildman–Crippen LogP) is 2.22. The van der Waals surface area contributed by atoms with E-state index in [4.69, 9.17) is 4.42 Å². The summed E-state index contributed by atoms with van der Waals surface area (Å²) in [6.45, 7) is 6.23. The molecule has 1 atom stereocenters. The van der Waals surface area contributed by atoms with Crippen LogP contribution in [0.2, 0.25) is 0 Å². The first-order chi connectivity index (χ1) is 10.9. The molecule has 1 aliphatic rings. The van der Waals surface area contributed by atoms with Gasteiger partial charge in [-0.3, -0.25) is 4.90 Å². The van der Waals surface area contributed by atoms with Crippen molar-refractivity contribution in [3.05, 3.63) is 24.2 Å². The third kappa shape index (κ3) is 5.55. The van der Waals surface area contributed by atoms with Gasteiger partial charge in [0.25, 0.3) is 0 Å². The molecule has 0 spiro atoms. The Morgan fingerprint density at radius 3 is 2.70 bits per heavy atom. The summed E-state index contributed by atoms with van der Waals surface area (Å²) in [5, 5.41) is 12.8. The lowest BCUT2D eigenvalue weighted by atomic mass is 10.1. The van der Waals surface area contributed by atoms with Crippen molar-refractivity contribution in [2.24, 2.45) is 0 Å². The number of urea groups is 1. The van der Waals surface area contributed by atoms with E-state index in [0.29, 0.717) is 6.54 Å². The van der Waals surface area contributed by atoms with Crippen LogP contribution in [0.3, 0.4) is 0 Å². The third-order valence-electron chi connectivity index (χ3n) is 4.12. The van der Waals surface area contributed by atoms with E-state index < -0.39 is 5.60 Å². The summed E-state index contributed by atoms with van der Waals surface area (Å²) >= 11 is 0. The zero-order valence-electron chi connectivity index (χ0n) is 14.4. The lowest BCUT2D eigenvalue weighted by molar-refractivity contribution is 0.0526. The quantitative estimate of drug-likeness (QED) is 0.842. The molecule has 2 N–H and O–H groups in total. The van der Waals surface area contributed by atoms with E-state index in [1.807, 2.05) is 12.1 Å². The zero-order chi connectivity index (χ0) is 16.9. The lowest BCUT2D eigenvalue weighted by Crippen LogP contribution is -2.47. The molecular formula is C17H29N3O3. The van der Waals surface area contributed by atoms with E-state index in [9.17, 15) is 9.90 Å². The normalized spacial score (nSPS) is 17.7. The van der Waals surface area contributed by atoms with Gasteiger partial charge in [-0.25, -0.2) is 4.79 Å². The Hall–Kier alpha value is -1.53. The molecule has 0 aliphatic carbocycles. The molecule has 2 rings (SSSR count). The van der Waals surface area contributed by atoms with Gasteiger partial charge < -0.3 is 19.7 Å². The maximum Gasteiger partial charge on any atom is 0.317 e. The number of carbonyl (C=O) groups is 1. The Morgan fingerprint density at radius 1 is 1.43 bits per heavy atom. The number of furan rings is 1. The van der Waals surface area contributed by atoms with Crippen LogP contribution in [0.25, 0.3) is 0 Å². The van der Waals surface area contributed by atoms with Gasteiger partial charge in [0.15, 0.2) is 0 Å². The highest BCUT2D eigenvalue weighted by atomic mass is 16.3. The molecular weight excluding hydrogens is 294 g/mol. The third-order valence-corrected chi connectivity index (χ3v) is 4.12. The maximum absolute atomic E-state index is 12.2. The summed E-state index contributed by atoms with van der Waals surface area (Å²) in [7, 11) is 1.69. The fraction of sp³-hybridized carbons (Fsp3) is 0.706. The van der Waals surface area contributed by atoms with E-state index in [0.717, 1.165) is 18.8 Å². The van der Waals surface area contributed by atoms with E-state index in [-0.39, 0.29) is 18.6 Å². The highest BCUT2D eigenvalue weighted by molar-refractivity contribution is 5.73. The summed E-state index contributed by atoms with van der Waals surface area (Å²) in [4.78, 5) is 16.1. The van der Waals surface area contributed by atoms with Crippen LogP contribution in [0.4, 0.5) is 4.79 Å². The van der Waals surface area contributed by atoms with Gasteiger partial charge in [-0.05, 0) is 51.9 Å². The van der Waals surface area contributed by atoms with E-state index in [2.05, 4.69) is 10.2 Å². The molecule has 6 heteroatoms. The molecule has 130 valence electrons. The smallest absolute Gasteiger partial charge is 0.317 e. The number of hydrogen-bond donors (Lipinski definition) is 2. The van der Waals surface area contributed by atoms with Gasteiger partial charge in [0.05, 0.1) is 24.5 Å². The number of nitrogens with one attached hydrogen (secondary N) is 1. The minimum Gasteiger partial charge on any atom is -0.468 e. The summed E-state index contributed by atoms with van der Waals surface area (Å²) < 4.78 is 5.58. The summed E-state index contributed by atoms with van der Waals surface area (Å²) in [5.41, 5.74) is -0.903. The van der Waals surface area contributed by atoms with Gasteiger partial charge in [0, 0.05) is 13.6 Å². The van der Waals surface area contributed by atoms with Crippen molar-refractivity contribution in [3.8, 4) is 0 Å². The van der Waals surface area contributed by atoms with Gasteiger partial charge in [0.1, 0.15) is 5.76 Å². The second-order valence-corrected chi connectivity index (χ2v) is 6.98. The molecule has 0 radical (unpaired) electrons. The van der Waals surface area contributed by atoms with Crippen molar-refractivity contribution < 1.29 is 14.3 Å². The van der Waals surface area contributed by atoms with Crippen LogP contribution in [0.5, 0.6) is 0 Å². The van der Waals surface area contributed by atoms with Crippen molar-refractivity contribution >= 4 is 6.03 Å². The minimum atomic E-state index is -0.903. The van der Waals surface area contributed by atoms with Crippen LogP contribution in [0, 0.1) is 0 Å². The first-order valence-electron chi connectivity index (χ1n) is 8.35. The molecule has 1 unspecified atom stereocenters. The fourth-order valence-corrected chi connectivity index (χ4v) is 3.09. The first-order valence-corrected chi connectivity index (χ1v) is 8.35. The van der Waals surface area contributed by atoms with Crippen molar-refractivity contribution in [2.45, 2.75) is 44.8 Å². The van der Waals surface area contributed by atoms with Crippen LogP contribution in [-0.2, 0) is 0 Å². The largest absolute Gasteiger partial charge is 0.468 e. The SMILES string of the molecule is CN(CC(C)(C)O)C(=O)NCC(c1ccco1)N1CCCCC1. The molecule has 6 nitrogen and oxygen atoms in total. The topological polar surface area (TPSA) is 69.0 Å². The van der Waals surface area contributed by atoms with Gasteiger partial charge in [0.2, 0.25) is 0 Å². The molecule has 0 aromatic carbocycles. The minimum absolute atomic E-state index is 0.0600. The highest BCUT2D eigenvalue weighted by Gasteiger charge is 2.26. The standard InChI is InChI=1S/C17H29N3O3/c1-17(2,22)13-19(3)16(21)18-12-14(15-8-7-11-23-15)20-9-5-4-6-10-20/h7-8,11,14,22H,4-6,9-10,12-13H2,1-3H3,(H,18,21). The number of amides is 2. The average Bonchev–Trinajstić information content (AvgIpc) is 3.00. The second-order valence-electron chi connectivity index (χ2n) is 6.98. The molecule has 2 amide bonds. The fourth-order valence-electron chi connectivity index (χ4n) is 3.09. The van der Waals surface area contributed by atoms with Crippen LogP contribution in [0.1, 0.15) is 44.9 Å². The molecule has 23 heavy (non-hydrogen) atoms. The summed E-state index contributed by atoms with van der Waals surface area (Å²) in [6, 6.07) is 3.73. The van der Waals surface area contributed by atoms with Gasteiger partial charge in [-0.15, -0.1) is 0 Å². The first kappa shape index (κ1) is 17.8. The van der Waals surface area contributed by atoms with Crippen LogP contribution >= 0.6 is 0 Å². The predicted molar refractivity (Wildman–Crippen MR) is 89.2 cm³/mol. The van der Waals surface area contributed by atoms with Gasteiger partial charge >= 0.3 is 6.03 Å². The van der Waals surface area contributed by atoms with E-state index >= 15 is 0 Å². The summed E-state index contributed by atoms with van der Waals surface area (Å²) in [6.07, 6.45) is 5.31. The molecule has 1 aromatic rings. The molecule has 0 saturated carbocycles. The van der Waals surface area contributed by atoms with Crippen LogP contribution < -0.4 is 5.32 Å². The van der Waals surface area contributed by atoms with Gasteiger partial charge in [-0.2, -0.15) is 0 Å². The second kappa shape index (κ2) is 7.84. The van der Waals surface area contributed by atoms with E-state index in [1.165, 1.54) is 24.2 Å². The van der Waals surface area contributed by atoms with Gasteiger partial charge in [-0.1, -0.05) is 6.42 Å². The van der Waals surface area contributed by atoms with Crippen molar-refractivity contribution in [2.75, 3.05) is 33.2 Å². The number of rotatable bonds is 6. The molecule has 0 bridgehead atoms.